The molecule has 0 atom stereocenters. The summed E-state index contributed by atoms with van der Waals surface area (Å²) >= 11 is 1.98. The van der Waals surface area contributed by atoms with Gasteiger partial charge in [0.1, 0.15) is 0 Å². The van der Waals surface area contributed by atoms with Crippen LogP contribution in [-0.4, -0.2) is 10.8 Å². The molecular weight excluding hydrogens is 198 g/mol. The lowest BCUT2D eigenvalue weighted by molar-refractivity contribution is -0.306. The number of rotatable bonds is 3. The zero-order valence-corrected chi connectivity index (χ0v) is 5.95. The highest BCUT2D eigenvalue weighted by molar-refractivity contribution is 9.09. The van der Waals surface area contributed by atoms with Crippen LogP contribution in [0.25, 0.3) is 0 Å². The zero-order chi connectivity index (χ0) is 7.49. The Morgan fingerprint density at radius 3 is 2.22 bits per heavy atom. The van der Waals surface area contributed by atoms with Crippen molar-refractivity contribution in [3.8, 4) is 0 Å². The number of alkyl halides is 3. The second kappa shape index (κ2) is 3.10. The number of carbonyl (C=O) groups excluding carboxylic acids is 1. The van der Waals surface area contributed by atoms with Gasteiger partial charge >= 0.3 is 4.83 Å². The smallest absolute Gasteiger partial charge is 0.301 e. The van der Waals surface area contributed by atoms with Crippen molar-refractivity contribution in [3.63, 3.8) is 0 Å². The highest BCUT2D eigenvalue weighted by Gasteiger charge is 2.22. The van der Waals surface area contributed by atoms with Crippen LogP contribution in [0.3, 0.4) is 0 Å². The molecule has 0 bridgehead atoms. The van der Waals surface area contributed by atoms with Crippen LogP contribution in [-0.2, 0) is 4.79 Å². The first-order valence-corrected chi connectivity index (χ1v) is 2.98. The molecule has 0 rings (SSSR count). The van der Waals surface area contributed by atoms with E-state index in [1.54, 1.807) is 0 Å². The van der Waals surface area contributed by atoms with Gasteiger partial charge in [-0.3, -0.25) is 0 Å². The summed E-state index contributed by atoms with van der Waals surface area (Å²) in [6.45, 7) is 0. The molecule has 5 heteroatoms. The highest BCUT2D eigenvalue weighted by Crippen LogP contribution is 2.26. The van der Waals surface area contributed by atoms with Gasteiger partial charge in [0.25, 0.3) is 0 Å². The summed E-state index contributed by atoms with van der Waals surface area (Å²) in [6, 6.07) is 0. The number of hydrogen-bond donors (Lipinski definition) is 0. The maximum absolute atomic E-state index is 11.7. The maximum Gasteiger partial charge on any atom is 0.301 e. The van der Waals surface area contributed by atoms with Crippen LogP contribution >= 0.6 is 15.9 Å². The molecule has 0 aliphatic heterocycles. The van der Waals surface area contributed by atoms with Gasteiger partial charge in [-0.05, 0) is 22.4 Å². The number of carbonyl (C=O) groups is 1. The minimum atomic E-state index is -3.08. The average molecular weight is 202 g/mol. The van der Waals surface area contributed by atoms with Crippen molar-refractivity contribution in [2.24, 2.45) is 0 Å². The van der Waals surface area contributed by atoms with E-state index >= 15 is 0 Å². The normalized spacial score (nSPS) is 11.4. The number of aliphatic carboxylic acids is 1. The van der Waals surface area contributed by atoms with E-state index in [0.29, 0.717) is 0 Å². The van der Waals surface area contributed by atoms with Crippen LogP contribution in [0.15, 0.2) is 0 Å². The summed E-state index contributed by atoms with van der Waals surface area (Å²) < 4.78 is 23.4. The van der Waals surface area contributed by atoms with E-state index in [2.05, 4.69) is 0 Å². The topological polar surface area (TPSA) is 40.1 Å². The summed E-state index contributed by atoms with van der Waals surface area (Å²) in [5, 5.41) is 9.58. The van der Waals surface area contributed by atoms with Crippen LogP contribution in [0.2, 0.25) is 0 Å². The predicted octanol–water partition coefficient (Wildman–Crippen LogP) is 0.504. The Kier molecular flexibility index (Phi) is 3.03. The first kappa shape index (κ1) is 8.81. The minimum absolute atomic E-state index is 0.627. The van der Waals surface area contributed by atoms with Gasteiger partial charge in [0.05, 0.1) is 0 Å². The molecule has 0 aromatic rings. The third-order valence-electron chi connectivity index (χ3n) is 0.613. The summed E-state index contributed by atoms with van der Waals surface area (Å²) in [4.78, 5) is 6.50. The largest absolute Gasteiger partial charge is 0.550 e. The molecule has 54 valence electrons. The van der Waals surface area contributed by atoms with E-state index < -0.39 is 23.6 Å². The second-order valence-electron chi connectivity index (χ2n) is 1.49. The molecule has 0 aromatic carbocycles. The van der Waals surface area contributed by atoms with E-state index in [0.717, 1.165) is 0 Å². The molecule has 0 aliphatic rings. The van der Waals surface area contributed by atoms with Crippen molar-refractivity contribution in [1.82, 2.24) is 0 Å². The summed E-state index contributed by atoms with van der Waals surface area (Å²) in [5.74, 6) is -1.46. The van der Waals surface area contributed by atoms with Crippen LogP contribution in [0.5, 0.6) is 0 Å². The molecule has 0 heterocycles. The monoisotopic (exact) mass is 201 g/mol. The lowest BCUT2D eigenvalue weighted by atomic mass is 10.3. The quantitative estimate of drug-likeness (QED) is 0.625. The van der Waals surface area contributed by atoms with E-state index in [-0.39, 0.29) is 0 Å². The molecule has 0 radical (unpaired) electrons. The molecule has 0 unspecified atom stereocenters. The Bertz CT molecular complexity index is 110. The Hall–Kier alpha value is -0.190. The molecule has 9 heavy (non-hydrogen) atoms. The fourth-order valence-electron chi connectivity index (χ4n) is 0.244. The molecule has 0 amide bonds. The molecule has 0 fully saturated rings. The predicted molar refractivity (Wildman–Crippen MR) is 28.1 cm³/mol. The van der Waals surface area contributed by atoms with Crippen LogP contribution in [0.4, 0.5) is 8.78 Å². The highest BCUT2D eigenvalue weighted by atomic mass is 79.9. The first-order chi connectivity index (χ1) is 3.92. The lowest BCUT2D eigenvalue weighted by Gasteiger charge is -2.06. The maximum atomic E-state index is 11.7. The van der Waals surface area contributed by atoms with E-state index in [4.69, 9.17) is 0 Å². The van der Waals surface area contributed by atoms with Crippen LogP contribution < -0.4 is 5.11 Å². The van der Waals surface area contributed by atoms with Gasteiger partial charge in [-0.2, -0.15) is 8.78 Å². The standard InChI is InChI=1S/C4H5BrF2O2/c5-4(6,7)2-1-3(8)9/h1-2H2,(H,8,9)/p-1. The van der Waals surface area contributed by atoms with Gasteiger partial charge in [-0.1, -0.05) is 0 Å². The molecule has 0 saturated carbocycles. The molecule has 0 aromatic heterocycles. The summed E-state index contributed by atoms with van der Waals surface area (Å²) in [6.07, 6.45) is -1.35. The molecule has 0 aliphatic carbocycles. The summed E-state index contributed by atoms with van der Waals surface area (Å²) in [7, 11) is 0. The van der Waals surface area contributed by atoms with E-state index in [1.165, 1.54) is 0 Å². The van der Waals surface area contributed by atoms with Gasteiger partial charge in [0.2, 0.25) is 0 Å². The molecular formula is C4H4BrF2O2-. The third kappa shape index (κ3) is 7.81. The van der Waals surface area contributed by atoms with Gasteiger partial charge in [0, 0.05) is 12.4 Å². The van der Waals surface area contributed by atoms with Gasteiger partial charge in [-0.15, -0.1) is 0 Å². The zero-order valence-electron chi connectivity index (χ0n) is 4.36. The molecule has 0 N–H and O–H groups in total. The summed E-state index contributed by atoms with van der Waals surface area (Å²) in [5.41, 5.74) is 0. The van der Waals surface area contributed by atoms with Crippen molar-refractivity contribution in [2.75, 3.05) is 0 Å². The Balaban J connectivity index is 3.39. The second-order valence-corrected chi connectivity index (χ2v) is 2.65. The number of carboxylic acid groups (broad SMARTS) is 1. The average Bonchev–Trinajstić information content (AvgIpc) is 1.59. The number of hydrogen-bond acceptors (Lipinski definition) is 2. The van der Waals surface area contributed by atoms with Crippen LogP contribution in [0, 0.1) is 0 Å². The fourth-order valence-corrected chi connectivity index (χ4v) is 0.442. The van der Waals surface area contributed by atoms with Crippen molar-refractivity contribution in [3.05, 3.63) is 0 Å². The minimum Gasteiger partial charge on any atom is -0.550 e. The number of halogens is 3. The van der Waals surface area contributed by atoms with Crippen molar-refractivity contribution < 1.29 is 18.7 Å². The van der Waals surface area contributed by atoms with Crippen LogP contribution in [0.1, 0.15) is 12.8 Å². The SMILES string of the molecule is O=C([O-])CCC(F)(F)Br. The Morgan fingerprint density at radius 1 is 1.67 bits per heavy atom. The van der Waals surface area contributed by atoms with Gasteiger partial charge < -0.3 is 9.90 Å². The van der Waals surface area contributed by atoms with Gasteiger partial charge in [-0.25, -0.2) is 0 Å². The van der Waals surface area contributed by atoms with Crippen molar-refractivity contribution >= 4 is 21.9 Å². The molecule has 2 nitrogen and oxygen atoms in total. The van der Waals surface area contributed by atoms with Crippen molar-refractivity contribution in [1.29, 1.82) is 0 Å². The lowest BCUT2D eigenvalue weighted by Crippen LogP contribution is -2.23. The molecule has 0 spiro atoms. The molecule has 0 saturated heterocycles. The third-order valence-corrected chi connectivity index (χ3v) is 1.01. The van der Waals surface area contributed by atoms with E-state index in [9.17, 15) is 18.7 Å². The van der Waals surface area contributed by atoms with Crippen molar-refractivity contribution in [2.45, 2.75) is 17.7 Å². The Morgan fingerprint density at radius 2 is 2.11 bits per heavy atom. The first-order valence-electron chi connectivity index (χ1n) is 2.18. The number of carboxylic acids is 1. The van der Waals surface area contributed by atoms with Gasteiger partial charge in [0.15, 0.2) is 0 Å². The van der Waals surface area contributed by atoms with E-state index in [1.807, 2.05) is 15.9 Å². The fraction of sp³-hybridized carbons (Fsp3) is 0.750. The Labute approximate surface area is 59.0 Å².